The lowest BCUT2D eigenvalue weighted by molar-refractivity contribution is 0.0391. The first-order chi connectivity index (χ1) is 5.70. The fourth-order valence-electron chi connectivity index (χ4n) is 1.19. The normalized spacial score (nSPS) is 13.8. The Kier molecular flexibility index (Phi) is 7.58. The molecule has 0 aliphatic rings. The highest BCUT2D eigenvalue weighted by atomic mass is 16.5. The van der Waals surface area contributed by atoms with Crippen LogP contribution in [-0.2, 0) is 4.74 Å². The van der Waals surface area contributed by atoms with E-state index in [1.165, 1.54) is 12.8 Å². The first kappa shape index (κ1) is 12.0. The third-order valence-corrected chi connectivity index (χ3v) is 1.91. The third-order valence-electron chi connectivity index (χ3n) is 1.91. The Morgan fingerprint density at radius 2 is 2.00 bits per heavy atom. The fourth-order valence-corrected chi connectivity index (χ4v) is 1.19. The second-order valence-corrected chi connectivity index (χ2v) is 3.76. The van der Waals surface area contributed by atoms with E-state index in [0.717, 1.165) is 25.4 Å². The molecule has 0 fully saturated rings. The minimum atomic E-state index is 0.386. The predicted octanol–water partition coefficient (Wildman–Crippen LogP) is 3.44. The molecule has 0 heterocycles. The summed E-state index contributed by atoms with van der Waals surface area (Å²) in [4.78, 5) is 0. The van der Waals surface area contributed by atoms with Gasteiger partial charge in [-0.15, -0.1) is 0 Å². The van der Waals surface area contributed by atoms with Crippen molar-refractivity contribution >= 4 is 0 Å². The number of hydrogen-bond acceptors (Lipinski definition) is 1. The van der Waals surface area contributed by atoms with Crippen molar-refractivity contribution < 1.29 is 4.74 Å². The van der Waals surface area contributed by atoms with Crippen molar-refractivity contribution in [3.63, 3.8) is 0 Å². The first-order valence-electron chi connectivity index (χ1n) is 5.11. The molecule has 0 saturated heterocycles. The molecule has 0 spiro atoms. The fraction of sp³-hybridized carbons (Fsp3) is 0.909. The van der Waals surface area contributed by atoms with Crippen LogP contribution in [0.15, 0.2) is 0 Å². The number of hydrogen-bond donors (Lipinski definition) is 0. The van der Waals surface area contributed by atoms with E-state index in [0.29, 0.717) is 6.10 Å². The van der Waals surface area contributed by atoms with Crippen molar-refractivity contribution in [3.05, 3.63) is 6.92 Å². The van der Waals surface area contributed by atoms with Crippen LogP contribution in [0.2, 0.25) is 0 Å². The Hall–Kier alpha value is -0.0400. The highest BCUT2D eigenvalue weighted by Crippen LogP contribution is 2.11. The highest BCUT2D eigenvalue weighted by molar-refractivity contribution is 4.61. The van der Waals surface area contributed by atoms with Gasteiger partial charge in [0.1, 0.15) is 0 Å². The zero-order valence-electron chi connectivity index (χ0n) is 8.81. The number of ether oxygens (including phenoxy) is 1. The molecule has 0 aromatic carbocycles. The average Bonchev–Trinajstić information content (AvgIpc) is 2.02. The lowest BCUT2D eigenvalue weighted by Crippen LogP contribution is -2.15. The SMILES string of the molecule is [CH2]CC(CC(C)C)OCCCC. The van der Waals surface area contributed by atoms with Crippen LogP contribution in [0.4, 0.5) is 0 Å². The quantitative estimate of drug-likeness (QED) is 0.533. The molecule has 0 N–H and O–H groups in total. The Bertz CT molecular complexity index is 89.0. The highest BCUT2D eigenvalue weighted by Gasteiger charge is 2.07. The molecule has 0 aliphatic carbocycles. The molecule has 0 aliphatic heterocycles. The maximum absolute atomic E-state index is 5.68. The Morgan fingerprint density at radius 1 is 1.33 bits per heavy atom. The summed E-state index contributed by atoms with van der Waals surface area (Å²) in [5, 5.41) is 0. The third kappa shape index (κ3) is 6.66. The standard InChI is InChI=1S/C11H23O/c1-5-7-8-12-11(6-2)9-10(3)4/h10-11H,2,5-9H2,1,3-4H3. The average molecular weight is 171 g/mol. The van der Waals surface area contributed by atoms with Crippen LogP contribution in [0.1, 0.15) is 46.5 Å². The van der Waals surface area contributed by atoms with Crippen LogP contribution >= 0.6 is 0 Å². The van der Waals surface area contributed by atoms with Crippen molar-refractivity contribution in [1.82, 2.24) is 0 Å². The molecule has 1 nitrogen and oxygen atoms in total. The van der Waals surface area contributed by atoms with E-state index >= 15 is 0 Å². The molecule has 0 rings (SSSR count). The van der Waals surface area contributed by atoms with Crippen molar-refractivity contribution in [1.29, 1.82) is 0 Å². The van der Waals surface area contributed by atoms with E-state index in [1.54, 1.807) is 0 Å². The Labute approximate surface area is 77.5 Å². The Morgan fingerprint density at radius 3 is 2.42 bits per heavy atom. The van der Waals surface area contributed by atoms with Gasteiger partial charge < -0.3 is 4.74 Å². The Balaban J connectivity index is 3.39. The summed E-state index contributed by atoms with van der Waals surface area (Å²) >= 11 is 0. The summed E-state index contributed by atoms with van der Waals surface area (Å²) < 4.78 is 5.68. The van der Waals surface area contributed by atoms with E-state index in [2.05, 4.69) is 27.7 Å². The zero-order chi connectivity index (χ0) is 9.40. The minimum Gasteiger partial charge on any atom is -0.378 e. The van der Waals surface area contributed by atoms with E-state index < -0.39 is 0 Å². The largest absolute Gasteiger partial charge is 0.378 e. The molecule has 12 heavy (non-hydrogen) atoms. The molecule has 0 aromatic heterocycles. The van der Waals surface area contributed by atoms with Crippen LogP contribution in [0.25, 0.3) is 0 Å². The lowest BCUT2D eigenvalue weighted by Gasteiger charge is -2.17. The molecular formula is C11H23O. The maximum atomic E-state index is 5.68. The van der Waals surface area contributed by atoms with Crippen LogP contribution < -0.4 is 0 Å². The zero-order valence-corrected chi connectivity index (χ0v) is 8.81. The van der Waals surface area contributed by atoms with Gasteiger partial charge >= 0.3 is 0 Å². The molecular weight excluding hydrogens is 148 g/mol. The minimum absolute atomic E-state index is 0.386. The predicted molar refractivity (Wildman–Crippen MR) is 54.1 cm³/mol. The van der Waals surface area contributed by atoms with Crippen LogP contribution in [0, 0.1) is 12.8 Å². The lowest BCUT2D eigenvalue weighted by atomic mass is 10.0. The summed E-state index contributed by atoms with van der Waals surface area (Å²) in [7, 11) is 0. The number of rotatable bonds is 7. The molecule has 1 heteroatoms. The van der Waals surface area contributed by atoms with Gasteiger partial charge in [-0.2, -0.15) is 0 Å². The maximum Gasteiger partial charge on any atom is 0.0577 e. The van der Waals surface area contributed by atoms with Crippen molar-refractivity contribution in [2.75, 3.05) is 6.61 Å². The van der Waals surface area contributed by atoms with E-state index in [1.807, 2.05) is 0 Å². The summed E-state index contributed by atoms with van der Waals surface area (Å²) in [6.07, 6.45) is 4.83. The molecule has 0 amide bonds. The topological polar surface area (TPSA) is 9.23 Å². The van der Waals surface area contributed by atoms with Gasteiger partial charge in [0.25, 0.3) is 0 Å². The van der Waals surface area contributed by atoms with E-state index in [9.17, 15) is 0 Å². The second-order valence-electron chi connectivity index (χ2n) is 3.76. The van der Waals surface area contributed by atoms with Gasteiger partial charge in [-0.25, -0.2) is 0 Å². The van der Waals surface area contributed by atoms with Gasteiger partial charge in [0.2, 0.25) is 0 Å². The summed E-state index contributed by atoms with van der Waals surface area (Å²) in [5.74, 6) is 0.721. The van der Waals surface area contributed by atoms with Gasteiger partial charge in [0, 0.05) is 6.61 Å². The van der Waals surface area contributed by atoms with Crippen molar-refractivity contribution in [3.8, 4) is 0 Å². The summed E-state index contributed by atoms with van der Waals surface area (Å²) in [5.41, 5.74) is 0. The van der Waals surface area contributed by atoms with E-state index in [-0.39, 0.29) is 0 Å². The summed E-state index contributed by atoms with van der Waals surface area (Å²) in [6, 6.07) is 0. The van der Waals surface area contributed by atoms with Crippen LogP contribution in [-0.4, -0.2) is 12.7 Å². The molecule has 73 valence electrons. The smallest absolute Gasteiger partial charge is 0.0577 e. The number of unbranched alkanes of at least 4 members (excludes halogenated alkanes) is 1. The molecule has 0 saturated carbocycles. The second kappa shape index (κ2) is 7.60. The van der Waals surface area contributed by atoms with Crippen molar-refractivity contribution in [2.24, 2.45) is 5.92 Å². The van der Waals surface area contributed by atoms with Gasteiger partial charge in [-0.3, -0.25) is 0 Å². The van der Waals surface area contributed by atoms with Gasteiger partial charge in [0.05, 0.1) is 6.10 Å². The van der Waals surface area contributed by atoms with Crippen LogP contribution in [0.5, 0.6) is 0 Å². The molecule has 0 aromatic rings. The molecule has 1 atom stereocenters. The summed E-state index contributed by atoms with van der Waals surface area (Å²) in [6.45, 7) is 11.4. The van der Waals surface area contributed by atoms with Gasteiger partial charge in [0.15, 0.2) is 0 Å². The molecule has 1 radical (unpaired) electrons. The van der Waals surface area contributed by atoms with Gasteiger partial charge in [-0.05, 0) is 25.2 Å². The van der Waals surface area contributed by atoms with Crippen LogP contribution in [0.3, 0.4) is 0 Å². The first-order valence-corrected chi connectivity index (χ1v) is 5.11. The molecule has 1 unspecified atom stereocenters. The van der Waals surface area contributed by atoms with E-state index in [4.69, 9.17) is 4.74 Å². The van der Waals surface area contributed by atoms with Gasteiger partial charge in [-0.1, -0.05) is 34.1 Å². The van der Waals surface area contributed by atoms with Crippen molar-refractivity contribution in [2.45, 2.75) is 52.6 Å². The molecule has 0 bridgehead atoms. The monoisotopic (exact) mass is 171 g/mol.